The van der Waals surface area contributed by atoms with Crippen molar-refractivity contribution < 1.29 is 14.7 Å². The molecule has 3 heterocycles. The molecule has 2 aliphatic rings. The van der Waals surface area contributed by atoms with E-state index in [1.165, 1.54) is 4.90 Å². The van der Waals surface area contributed by atoms with Crippen LogP contribution in [0.15, 0.2) is 42.5 Å². The molecule has 0 saturated carbocycles. The lowest BCUT2D eigenvalue weighted by Gasteiger charge is -2.42. The number of aromatic amines is 1. The third kappa shape index (κ3) is 3.33. The molecule has 1 aromatic heterocycles. The van der Waals surface area contributed by atoms with Gasteiger partial charge in [-0.3, -0.25) is 19.5 Å². The normalized spacial score (nSPS) is 21.8. The Morgan fingerprint density at radius 3 is 2.82 bits per heavy atom. The van der Waals surface area contributed by atoms with Crippen LogP contribution in [0.3, 0.4) is 0 Å². The lowest BCUT2D eigenvalue weighted by molar-refractivity contribution is -0.133. The maximum absolute atomic E-state index is 13.7. The summed E-state index contributed by atoms with van der Waals surface area (Å²) in [4.78, 5) is 35.8. The fourth-order valence-electron chi connectivity index (χ4n) is 5.23. The molecule has 7 nitrogen and oxygen atoms in total. The second-order valence-electron chi connectivity index (χ2n) is 9.21. The molecule has 2 aliphatic heterocycles. The minimum atomic E-state index is -1.08. The molecule has 0 aliphatic carbocycles. The largest absolute Gasteiger partial charge is 0.508 e. The number of halogens is 1. The van der Waals surface area contributed by atoms with Crippen LogP contribution in [-0.4, -0.2) is 68.9 Å². The van der Waals surface area contributed by atoms with Gasteiger partial charge in [-0.15, -0.1) is 6.42 Å². The number of likely N-dealkylation sites (N-methyl/N-ethyl adjacent to an activating group) is 1. The highest BCUT2D eigenvalue weighted by Crippen LogP contribution is 2.49. The highest BCUT2D eigenvalue weighted by Gasteiger charge is 2.60. The van der Waals surface area contributed by atoms with E-state index in [-0.39, 0.29) is 24.2 Å². The summed E-state index contributed by atoms with van der Waals surface area (Å²) in [5.74, 6) is 2.43. The number of aromatic hydroxyl groups is 1. The van der Waals surface area contributed by atoms with E-state index in [9.17, 15) is 14.7 Å². The lowest BCUT2D eigenvalue weighted by Crippen LogP contribution is -2.53. The lowest BCUT2D eigenvalue weighted by atomic mass is 9.81. The number of urea groups is 1. The third-order valence-corrected chi connectivity index (χ3v) is 7.12. The number of amides is 3. The summed E-state index contributed by atoms with van der Waals surface area (Å²) in [5.41, 5.74) is 2.31. The predicted octanol–water partition coefficient (Wildman–Crippen LogP) is 3.76. The molecule has 0 radical (unpaired) electrons. The van der Waals surface area contributed by atoms with Gasteiger partial charge in [0.05, 0.1) is 6.54 Å². The van der Waals surface area contributed by atoms with Crippen molar-refractivity contribution in [3.63, 3.8) is 0 Å². The highest BCUT2D eigenvalue weighted by molar-refractivity contribution is 6.31. The number of hydrogen-bond acceptors (Lipinski definition) is 4. The average molecular weight is 477 g/mol. The zero-order chi connectivity index (χ0) is 24.2. The van der Waals surface area contributed by atoms with Crippen LogP contribution in [0.2, 0.25) is 5.02 Å². The molecule has 174 valence electrons. The molecule has 1 fully saturated rings. The maximum atomic E-state index is 13.7. The number of carbonyl (C=O) groups excluding carboxylic acids is 2. The van der Waals surface area contributed by atoms with Crippen molar-refractivity contribution in [2.75, 3.05) is 26.7 Å². The Morgan fingerprint density at radius 1 is 1.29 bits per heavy atom. The molecule has 2 unspecified atom stereocenters. The number of benzene rings is 2. The summed E-state index contributed by atoms with van der Waals surface area (Å²) < 4.78 is 0. The maximum Gasteiger partial charge on any atom is 0.328 e. The Bertz CT molecular complexity index is 1360. The number of fused-ring (bicyclic) bond motifs is 4. The zero-order valence-electron chi connectivity index (χ0n) is 19.0. The number of phenols is 1. The van der Waals surface area contributed by atoms with Gasteiger partial charge in [0.15, 0.2) is 0 Å². The third-order valence-electron chi connectivity index (χ3n) is 6.88. The van der Waals surface area contributed by atoms with Crippen LogP contribution in [0.25, 0.3) is 10.9 Å². The van der Waals surface area contributed by atoms with Crippen molar-refractivity contribution >= 4 is 34.4 Å². The van der Waals surface area contributed by atoms with E-state index in [4.69, 9.17) is 18.0 Å². The van der Waals surface area contributed by atoms with Gasteiger partial charge in [0.25, 0.3) is 5.91 Å². The molecule has 5 rings (SSSR count). The predicted molar refractivity (Wildman–Crippen MR) is 131 cm³/mol. The molecular weight excluding hydrogens is 452 g/mol. The number of imide groups is 1. The van der Waals surface area contributed by atoms with E-state index in [0.29, 0.717) is 24.5 Å². The van der Waals surface area contributed by atoms with Crippen molar-refractivity contribution in [3.05, 3.63) is 64.3 Å². The van der Waals surface area contributed by atoms with Crippen LogP contribution >= 0.6 is 11.6 Å². The standard InChI is InChI=1S/C26H25ClN4O3/c1-4-10-29(3)11-12-30-24(33)26(2)15-20-19-14-17(27)8-9-21(19)28-22(20)23(31(26)25(30)34)16-6-5-7-18(32)13-16/h1,5-9,13-14,23,28,32H,10-12,15H2,2-3H3. The summed E-state index contributed by atoms with van der Waals surface area (Å²) in [6.45, 7) is 2.97. The van der Waals surface area contributed by atoms with Gasteiger partial charge < -0.3 is 10.1 Å². The topological polar surface area (TPSA) is 79.9 Å². The van der Waals surface area contributed by atoms with E-state index >= 15 is 0 Å². The molecule has 8 heteroatoms. The van der Waals surface area contributed by atoms with Crippen LogP contribution in [-0.2, 0) is 11.2 Å². The SMILES string of the molecule is C#CCN(C)CCN1C(=O)N2C(c3cccc(O)c3)c3[nH]c4ccc(Cl)cc4c3CC2(C)C1=O. The van der Waals surface area contributed by atoms with E-state index in [2.05, 4.69) is 10.9 Å². The van der Waals surface area contributed by atoms with Crippen molar-refractivity contribution in [2.45, 2.75) is 24.9 Å². The van der Waals surface area contributed by atoms with Crippen molar-refractivity contribution in [3.8, 4) is 18.1 Å². The number of aromatic nitrogens is 1. The van der Waals surface area contributed by atoms with E-state index < -0.39 is 11.6 Å². The van der Waals surface area contributed by atoms with Gasteiger partial charge in [0, 0.05) is 41.1 Å². The van der Waals surface area contributed by atoms with Gasteiger partial charge in [-0.05, 0) is 55.4 Å². The Balaban J connectivity index is 1.65. The number of H-pyrrole nitrogens is 1. The number of hydrogen-bond donors (Lipinski definition) is 2. The number of rotatable bonds is 5. The molecule has 1 saturated heterocycles. The number of phenolic OH excluding ortho intramolecular Hbond substituents is 1. The van der Waals surface area contributed by atoms with Crippen LogP contribution < -0.4 is 0 Å². The van der Waals surface area contributed by atoms with E-state index in [1.807, 2.05) is 43.1 Å². The molecule has 3 amide bonds. The number of carbonyl (C=O) groups is 2. The molecule has 0 spiro atoms. The molecular formula is C26H25ClN4O3. The van der Waals surface area contributed by atoms with Crippen molar-refractivity contribution in [1.82, 2.24) is 19.7 Å². The van der Waals surface area contributed by atoms with Crippen molar-refractivity contribution in [2.24, 2.45) is 0 Å². The number of nitrogens with zero attached hydrogens (tertiary/aromatic N) is 3. The second-order valence-corrected chi connectivity index (χ2v) is 9.64. The highest BCUT2D eigenvalue weighted by atomic mass is 35.5. The smallest absolute Gasteiger partial charge is 0.328 e. The van der Waals surface area contributed by atoms with Crippen LogP contribution in [0.1, 0.15) is 29.8 Å². The van der Waals surface area contributed by atoms with Crippen molar-refractivity contribution in [1.29, 1.82) is 0 Å². The van der Waals surface area contributed by atoms with Crippen LogP contribution in [0.5, 0.6) is 5.75 Å². The molecule has 2 atom stereocenters. The van der Waals surface area contributed by atoms with Crippen LogP contribution in [0, 0.1) is 12.3 Å². The second kappa shape index (κ2) is 8.08. The van der Waals surface area contributed by atoms with Gasteiger partial charge in [-0.1, -0.05) is 29.7 Å². The van der Waals surface area contributed by atoms with Gasteiger partial charge in [0.2, 0.25) is 0 Å². The quantitative estimate of drug-likeness (QED) is 0.434. The zero-order valence-corrected chi connectivity index (χ0v) is 19.8. The summed E-state index contributed by atoms with van der Waals surface area (Å²) in [5, 5.41) is 11.7. The summed E-state index contributed by atoms with van der Waals surface area (Å²) in [7, 11) is 1.86. The first-order chi connectivity index (χ1) is 16.2. The number of nitrogens with one attached hydrogen (secondary N) is 1. The first kappa shape index (κ1) is 22.3. The fraction of sp³-hybridized carbons (Fsp3) is 0.308. The Morgan fingerprint density at radius 2 is 2.09 bits per heavy atom. The van der Waals surface area contributed by atoms with Gasteiger partial charge in [0.1, 0.15) is 17.3 Å². The number of terminal acetylenes is 1. The monoisotopic (exact) mass is 476 g/mol. The fourth-order valence-corrected chi connectivity index (χ4v) is 5.40. The Labute approximate surface area is 202 Å². The van der Waals surface area contributed by atoms with Gasteiger partial charge in [-0.25, -0.2) is 4.79 Å². The Kier molecular flexibility index (Phi) is 5.31. The molecule has 2 N–H and O–H groups in total. The van der Waals surface area contributed by atoms with E-state index in [0.717, 1.165) is 27.7 Å². The van der Waals surface area contributed by atoms with E-state index in [1.54, 1.807) is 23.1 Å². The summed E-state index contributed by atoms with van der Waals surface area (Å²) in [6, 6.07) is 11.5. The summed E-state index contributed by atoms with van der Waals surface area (Å²) in [6.07, 6.45) is 5.75. The first-order valence-electron chi connectivity index (χ1n) is 11.1. The molecule has 2 aromatic carbocycles. The molecule has 0 bridgehead atoms. The average Bonchev–Trinajstić information content (AvgIpc) is 3.23. The summed E-state index contributed by atoms with van der Waals surface area (Å²) >= 11 is 6.30. The molecule has 34 heavy (non-hydrogen) atoms. The van der Waals surface area contributed by atoms with Gasteiger partial charge in [-0.2, -0.15) is 0 Å². The van der Waals surface area contributed by atoms with Crippen LogP contribution in [0.4, 0.5) is 4.79 Å². The Hall–Kier alpha value is -3.47. The van der Waals surface area contributed by atoms with Gasteiger partial charge >= 0.3 is 6.03 Å². The first-order valence-corrected chi connectivity index (χ1v) is 11.5. The molecule has 3 aromatic rings. The minimum absolute atomic E-state index is 0.0937. The minimum Gasteiger partial charge on any atom is -0.508 e.